The number of benzene rings is 2. The summed E-state index contributed by atoms with van der Waals surface area (Å²) in [5, 5.41) is 3.69. The van der Waals surface area contributed by atoms with Crippen LogP contribution in [0.25, 0.3) is 11.6 Å². The molecule has 9 heteroatoms. The van der Waals surface area contributed by atoms with Crippen LogP contribution in [-0.4, -0.2) is 25.8 Å². The van der Waals surface area contributed by atoms with Gasteiger partial charge in [-0.15, -0.1) is 0 Å². The van der Waals surface area contributed by atoms with E-state index in [1.165, 1.54) is 0 Å². The van der Waals surface area contributed by atoms with E-state index in [-0.39, 0.29) is 11.7 Å². The molecule has 0 saturated heterocycles. The van der Waals surface area contributed by atoms with Gasteiger partial charge in [0, 0.05) is 32.3 Å². The minimum Gasteiger partial charge on any atom is -0.476 e. The lowest BCUT2D eigenvalue weighted by Gasteiger charge is -2.20. The largest absolute Gasteiger partial charge is 0.476 e. The van der Waals surface area contributed by atoms with E-state index in [9.17, 15) is 13.2 Å². The number of hydrogen-bond donors (Lipinski definition) is 2. The van der Waals surface area contributed by atoms with Crippen LogP contribution in [0.2, 0.25) is 10.0 Å². The van der Waals surface area contributed by atoms with Crippen molar-refractivity contribution in [1.29, 1.82) is 0 Å². The van der Waals surface area contributed by atoms with Crippen LogP contribution in [0.5, 0.6) is 5.75 Å². The Kier molecular flexibility index (Phi) is 5.96. The molecule has 1 heterocycles. The summed E-state index contributed by atoms with van der Waals surface area (Å²) < 4.78 is 32.5. The summed E-state index contributed by atoms with van der Waals surface area (Å²) in [5.41, 5.74) is 1.55. The second kappa shape index (κ2) is 7.99. The lowest BCUT2D eigenvalue weighted by molar-refractivity contribution is -0.110. The Labute approximate surface area is 179 Å². The van der Waals surface area contributed by atoms with Gasteiger partial charge in [0.05, 0.1) is 5.69 Å². The van der Waals surface area contributed by atoms with Gasteiger partial charge in [-0.2, -0.15) is 0 Å². The highest BCUT2D eigenvalue weighted by atomic mass is 35.5. The Morgan fingerprint density at radius 2 is 1.76 bits per heavy atom. The number of rotatable bonds is 5. The normalized spacial score (nSPS) is 15.3. The Balaban J connectivity index is 1.93. The minimum atomic E-state index is -3.68. The number of halogens is 2. The van der Waals surface area contributed by atoms with Crippen LogP contribution in [0.1, 0.15) is 31.9 Å². The summed E-state index contributed by atoms with van der Waals surface area (Å²) in [7, 11) is -3.68. The summed E-state index contributed by atoms with van der Waals surface area (Å²) in [6.07, 6.45) is 1.61. The van der Waals surface area contributed by atoms with E-state index in [0.717, 1.165) is 0 Å². The molecule has 0 aliphatic carbocycles. The second-order valence-electron chi connectivity index (χ2n) is 7.61. The quantitative estimate of drug-likeness (QED) is 0.649. The average Bonchev–Trinajstić information content (AvgIpc) is 2.86. The lowest BCUT2D eigenvalue weighted by atomic mass is 10.0. The second-order valence-corrected chi connectivity index (χ2v) is 10.2. The van der Waals surface area contributed by atoms with Crippen molar-refractivity contribution in [2.75, 3.05) is 11.3 Å². The molecule has 0 saturated carbocycles. The maximum atomic E-state index is 12.4. The maximum absolute atomic E-state index is 12.4. The van der Waals surface area contributed by atoms with Crippen LogP contribution in [-0.2, 0) is 14.8 Å². The van der Waals surface area contributed by atoms with Crippen molar-refractivity contribution in [2.24, 2.45) is 0 Å². The molecule has 0 bridgehead atoms. The summed E-state index contributed by atoms with van der Waals surface area (Å²) in [6, 6.07) is 9.85. The van der Waals surface area contributed by atoms with Gasteiger partial charge in [-0.1, -0.05) is 29.3 Å². The van der Waals surface area contributed by atoms with Gasteiger partial charge in [0.25, 0.3) is 5.91 Å². The van der Waals surface area contributed by atoms with Crippen molar-refractivity contribution in [3.63, 3.8) is 0 Å². The zero-order valence-corrected chi connectivity index (χ0v) is 18.4. The van der Waals surface area contributed by atoms with Crippen molar-refractivity contribution in [2.45, 2.75) is 26.3 Å². The molecular formula is C20H20Cl2N2O4S. The molecule has 0 atom stereocenters. The molecule has 0 fully saturated rings. The lowest BCUT2D eigenvalue weighted by Crippen LogP contribution is -2.42. The predicted octanol–water partition coefficient (Wildman–Crippen LogP) is 4.54. The first kappa shape index (κ1) is 21.6. The summed E-state index contributed by atoms with van der Waals surface area (Å²) in [6.45, 7) is 5.22. The molecule has 0 radical (unpaired) electrons. The van der Waals surface area contributed by atoms with Crippen LogP contribution in [0, 0.1) is 0 Å². The van der Waals surface area contributed by atoms with Gasteiger partial charge >= 0.3 is 0 Å². The number of nitrogens with one attached hydrogen (secondary N) is 2. The average molecular weight is 455 g/mol. The summed E-state index contributed by atoms with van der Waals surface area (Å²) in [5.74, 6) is -0.577. The number of amides is 1. The zero-order valence-electron chi connectivity index (χ0n) is 16.0. The highest BCUT2D eigenvalue weighted by Gasteiger charge is 2.25. The standard InChI is InChI=1S/C20H20Cl2N2O4S/c1-20(2,3)24-29(26,27)11-28-18-7-5-13(21)8-12(18)9-16-15-6-4-14(22)10-17(15)23-19(16)25/h4-10,24H,11H2,1-3H3,(H,23,25)/b16-9-. The summed E-state index contributed by atoms with van der Waals surface area (Å²) in [4.78, 5) is 12.4. The molecule has 3 rings (SSSR count). The van der Waals surface area contributed by atoms with E-state index >= 15 is 0 Å². The number of sulfonamides is 1. The van der Waals surface area contributed by atoms with Crippen LogP contribution in [0.4, 0.5) is 5.69 Å². The first-order chi connectivity index (χ1) is 13.4. The minimum absolute atomic E-state index is 0.288. The molecule has 154 valence electrons. The molecule has 6 nitrogen and oxygen atoms in total. The van der Waals surface area contributed by atoms with E-state index < -0.39 is 21.5 Å². The molecule has 1 amide bonds. The fourth-order valence-corrected chi connectivity index (χ4v) is 4.49. The van der Waals surface area contributed by atoms with Gasteiger partial charge in [-0.25, -0.2) is 13.1 Å². The predicted molar refractivity (Wildman–Crippen MR) is 117 cm³/mol. The Morgan fingerprint density at radius 1 is 1.10 bits per heavy atom. The summed E-state index contributed by atoms with van der Waals surface area (Å²) >= 11 is 12.1. The third kappa shape index (κ3) is 5.51. The Morgan fingerprint density at radius 3 is 2.45 bits per heavy atom. The van der Waals surface area contributed by atoms with Crippen molar-refractivity contribution < 1.29 is 17.9 Å². The van der Waals surface area contributed by atoms with E-state index in [0.29, 0.717) is 32.4 Å². The zero-order chi connectivity index (χ0) is 21.4. The molecule has 1 aliphatic heterocycles. The van der Waals surface area contributed by atoms with E-state index in [2.05, 4.69) is 10.0 Å². The molecule has 0 aromatic heterocycles. The number of fused-ring (bicyclic) bond motifs is 1. The molecule has 0 spiro atoms. The van der Waals surface area contributed by atoms with E-state index in [1.54, 1.807) is 63.2 Å². The first-order valence-electron chi connectivity index (χ1n) is 8.70. The highest BCUT2D eigenvalue weighted by molar-refractivity contribution is 7.89. The number of carbonyl (C=O) groups is 1. The third-order valence-electron chi connectivity index (χ3n) is 3.87. The SMILES string of the molecule is CC(C)(C)NS(=O)(=O)COc1ccc(Cl)cc1/C=C1\C(=O)Nc2cc(Cl)ccc21. The topological polar surface area (TPSA) is 84.5 Å². The van der Waals surface area contributed by atoms with Gasteiger partial charge in [0.2, 0.25) is 16.0 Å². The fraction of sp³-hybridized carbons (Fsp3) is 0.250. The fourth-order valence-electron chi connectivity index (χ4n) is 2.87. The van der Waals surface area contributed by atoms with E-state index in [4.69, 9.17) is 27.9 Å². The van der Waals surface area contributed by atoms with Crippen LogP contribution in [0.15, 0.2) is 36.4 Å². The molecule has 2 aromatic carbocycles. The van der Waals surface area contributed by atoms with E-state index in [1.807, 2.05) is 0 Å². The molecule has 1 aliphatic rings. The molecule has 2 N–H and O–H groups in total. The van der Waals surface area contributed by atoms with Gasteiger partial charge in [0.15, 0.2) is 0 Å². The maximum Gasteiger partial charge on any atom is 0.256 e. The molecule has 2 aromatic rings. The van der Waals surface area contributed by atoms with Crippen LogP contribution < -0.4 is 14.8 Å². The van der Waals surface area contributed by atoms with Gasteiger partial charge in [0.1, 0.15) is 5.75 Å². The number of anilines is 1. The van der Waals surface area contributed by atoms with Crippen LogP contribution >= 0.6 is 23.2 Å². The monoisotopic (exact) mass is 454 g/mol. The van der Waals surface area contributed by atoms with Gasteiger partial charge in [-0.3, -0.25) is 4.79 Å². The van der Waals surface area contributed by atoms with Gasteiger partial charge in [-0.05, 0) is 57.2 Å². The smallest absolute Gasteiger partial charge is 0.256 e. The van der Waals surface area contributed by atoms with Crippen molar-refractivity contribution in [3.8, 4) is 5.75 Å². The van der Waals surface area contributed by atoms with Crippen molar-refractivity contribution in [3.05, 3.63) is 57.6 Å². The number of ether oxygens (including phenoxy) is 1. The molecule has 29 heavy (non-hydrogen) atoms. The highest BCUT2D eigenvalue weighted by Crippen LogP contribution is 2.36. The number of hydrogen-bond acceptors (Lipinski definition) is 4. The first-order valence-corrected chi connectivity index (χ1v) is 11.1. The molecule has 0 unspecified atom stereocenters. The Bertz CT molecular complexity index is 1110. The van der Waals surface area contributed by atoms with Crippen LogP contribution in [0.3, 0.4) is 0 Å². The van der Waals surface area contributed by atoms with Gasteiger partial charge < -0.3 is 10.1 Å². The molecular weight excluding hydrogens is 435 g/mol. The Hall–Kier alpha value is -2.06. The van der Waals surface area contributed by atoms with Crippen molar-refractivity contribution >= 4 is 56.5 Å². The third-order valence-corrected chi connectivity index (χ3v) is 5.69. The van der Waals surface area contributed by atoms with Crippen molar-refractivity contribution in [1.82, 2.24) is 4.72 Å². The number of carbonyl (C=O) groups excluding carboxylic acids is 1.